The topological polar surface area (TPSA) is 56.7 Å². The van der Waals surface area contributed by atoms with Gasteiger partial charge in [-0.25, -0.2) is 15.0 Å². The normalized spacial score (nSPS) is 15.4. The molecule has 0 fully saturated rings. The molecule has 1 aliphatic rings. The minimum atomic E-state index is -0.131. The molecule has 1 aliphatic carbocycles. The van der Waals surface area contributed by atoms with Crippen LogP contribution in [0.1, 0.15) is 18.9 Å². The van der Waals surface area contributed by atoms with E-state index in [1.54, 1.807) is 0 Å². The molecule has 0 saturated carbocycles. The number of furan rings is 1. The van der Waals surface area contributed by atoms with Gasteiger partial charge in [-0.1, -0.05) is 153 Å². The van der Waals surface area contributed by atoms with Crippen molar-refractivity contribution in [2.45, 2.75) is 18.8 Å². The van der Waals surface area contributed by atoms with Crippen LogP contribution in [0, 0.1) is 0 Å². The Kier molecular flexibility index (Phi) is 7.35. The van der Waals surface area contributed by atoms with Crippen LogP contribution in [0.4, 0.5) is 0 Å². The number of hydrogen-bond donors (Lipinski definition) is 0. The van der Waals surface area contributed by atoms with E-state index in [1.807, 2.05) is 12.1 Å². The fourth-order valence-electron chi connectivity index (χ4n) is 9.21. The molecule has 278 valence electrons. The van der Waals surface area contributed by atoms with Crippen LogP contribution < -0.4 is 0 Å². The van der Waals surface area contributed by atoms with E-state index in [4.69, 9.17) is 19.4 Å². The Labute approximate surface area is 340 Å². The van der Waals surface area contributed by atoms with Crippen LogP contribution in [0.15, 0.2) is 193 Å². The summed E-state index contributed by atoms with van der Waals surface area (Å²) in [6, 6.07) is 57.9. The Bertz CT molecular complexity index is 3560. The van der Waals surface area contributed by atoms with Crippen LogP contribution in [0.5, 0.6) is 0 Å². The molecule has 8 aromatic carbocycles. The fraction of sp³-hybridized carbons (Fsp3) is 0.0556. The van der Waals surface area contributed by atoms with Gasteiger partial charge in [0.15, 0.2) is 17.5 Å². The summed E-state index contributed by atoms with van der Waals surface area (Å²) < 4.78 is 9.31. The lowest BCUT2D eigenvalue weighted by molar-refractivity contribution is 0.600. The maximum atomic E-state index is 6.92. The first-order valence-electron chi connectivity index (χ1n) is 20.2. The summed E-state index contributed by atoms with van der Waals surface area (Å²) in [6.07, 6.45) is 9.70. The van der Waals surface area contributed by atoms with Gasteiger partial charge >= 0.3 is 0 Å². The van der Waals surface area contributed by atoms with E-state index in [-0.39, 0.29) is 5.41 Å². The molecule has 0 spiro atoms. The van der Waals surface area contributed by atoms with E-state index in [0.717, 1.165) is 72.5 Å². The van der Waals surface area contributed by atoms with Crippen molar-refractivity contribution in [3.63, 3.8) is 0 Å². The molecular formula is C54H36N4O. The van der Waals surface area contributed by atoms with Gasteiger partial charge in [-0.15, -0.1) is 0 Å². The third kappa shape index (κ3) is 5.28. The molecule has 12 rings (SSSR count). The lowest BCUT2D eigenvalue weighted by atomic mass is 9.77. The van der Waals surface area contributed by atoms with Crippen molar-refractivity contribution in [2.75, 3.05) is 0 Å². The van der Waals surface area contributed by atoms with Gasteiger partial charge in [0.2, 0.25) is 0 Å². The van der Waals surface area contributed by atoms with Crippen LogP contribution >= 0.6 is 0 Å². The van der Waals surface area contributed by atoms with Crippen molar-refractivity contribution in [1.82, 2.24) is 19.5 Å². The zero-order valence-corrected chi connectivity index (χ0v) is 32.3. The van der Waals surface area contributed by atoms with E-state index >= 15 is 0 Å². The molecule has 5 nitrogen and oxygen atoms in total. The molecule has 1 unspecified atom stereocenters. The van der Waals surface area contributed by atoms with Crippen molar-refractivity contribution in [2.24, 2.45) is 0 Å². The van der Waals surface area contributed by atoms with E-state index in [2.05, 4.69) is 187 Å². The van der Waals surface area contributed by atoms with Crippen molar-refractivity contribution in [3.05, 3.63) is 194 Å². The molecule has 0 saturated heterocycles. The smallest absolute Gasteiger partial charge is 0.167 e. The Hall–Kier alpha value is -7.63. The van der Waals surface area contributed by atoms with Gasteiger partial charge in [0.25, 0.3) is 0 Å². The number of fused-ring (bicyclic) bond motifs is 8. The number of benzene rings is 8. The largest absolute Gasteiger partial charge is 0.455 e. The molecular weight excluding hydrogens is 721 g/mol. The number of nitrogens with zero attached hydrogens (tertiary/aromatic N) is 4. The Morgan fingerprint density at radius 3 is 2.07 bits per heavy atom. The lowest BCUT2D eigenvalue weighted by Gasteiger charge is -2.27. The molecule has 11 aromatic rings. The van der Waals surface area contributed by atoms with Crippen LogP contribution in [0.2, 0.25) is 0 Å². The highest BCUT2D eigenvalue weighted by Crippen LogP contribution is 2.43. The lowest BCUT2D eigenvalue weighted by Crippen LogP contribution is -2.19. The van der Waals surface area contributed by atoms with Gasteiger partial charge in [0.1, 0.15) is 11.2 Å². The summed E-state index contributed by atoms with van der Waals surface area (Å²) in [5.41, 5.74) is 8.63. The van der Waals surface area contributed by atoms with Gasteiger partial charge in [-0.05, 0) is 76.0 Å². The number of rotatable bonds is 5. The molecule has 3 aromatic heterocycles. The average Bonchev–Trinajstić information content (AvgIpc) is 3.84. The molecule has 3 heterocycles. The van der Waals surface area contributed by atoms with E-state index in [1.165, 1.54) is 27.1 Å². The average molecular weight is 757 g/mol. The Balaban J connectivity index is 1.14. The van der Waals surface area contributed by atoms with Crippen LogP contribution in [-0.2, 0) is 5.41 Å². The molecule has 0 radical (unpaired) electrons. The first kappa shape index (κ1) is 33.5. The van der Waals surface area contributed by atoms with Crippen LogP contribution in [0.25, 0.3) is 105 Å². The van der Waals surface area contributed by atoms with Gasteiger partial charge in [0, 0.05) is 32.7 Å². The minimum absolute atomic E-state index is 0.131. The molecule has 0 bridgehead atoms. The number of hydrogen-bond acceptors (Lipinski definition) is 4. The second-order valence-corrected chi connectivity index (χ2v) is 15.8. The van der Waals surface area contributed by atoms with Crippen LogP contribution in [-0.4, -0.2) is 19.5 Å². The molecule has 0 amide bonds. The number of allylic oxidation sites excluding steroid dienone is 4. The predicted octanol–water partition coefficient (Wildman–Crippen LogP) is 13.9. The maximum Gasteiger partial charge on any atom is 0.167 e. The summed E-state index contributed by atoms with van der Waals surface area (Å²) >= 11 is 0. The summed E-state index contributed by atoms with van der Waals surface area (Å²) in [5, 5.41) is 9.08. The maximum absolute atomic E-state index is 6.92. The quantitative estimate of drug-likeness (QED) is 0.175. The van der Waals surface area contributed by atoms with Gasteiger partial charge in [-0.2, -0.15) is 0 Å². The Morgan fingerprint density at radius 2 is 1.22 bits per heavy atom. The molecule has 0 N–H and O–H groups in total. The molecule has 0 aliphatic heterocycles. The second kappa shape index (κ2) is 12.9. The third-order valence-electron chi connectivity index (χ3n) is 12.2. The SMILES string of the molecule is CC1(c2cccc(-c3nc(-c4cccc5ccccc45)nc(-c4ccc(-n5c6ccccc6c6cc7ccccc7cc65)c5c4oc4ccccc45)n3)c2)C=CC=CC1. The second-order valence-electron chi connectivity index (χ2n) is 15.8. The third-order valence-corrected chi connectivity index (χ3v) is 12.2. The van der Waals surface area contributed by atoms with Crippen LogP contribution in [0.3, 0.4) is 0 Å². The zero-order valence-electron chi connectivity index (χ0n) is 32.3. The van der Waals surface area contributed by atoms with E-state index < -0.39 is 0 Å². The minimum Gasteiger partial charge on any atom is -0.455 e. The summed E-state index contributed by atoms with van der Waals surface area (Å²) in [6.45, 7) is 2.28. The summed E-state index contributed by atoms with van der Waals surface area (Å²) in [4.78, 5) is 15.9. The molecule has 1 atom stereocenters. The summed E-state index contributed by atoms with van der Waals surface area (Å²) in [7, 11) is 0. The van der Waals surface area contributed by atoms with Gasteiger partial charge in [-0.3, -0.25) is 0 Å². The Morgan fingerprint density at radius 1 is 0.525 bits per heavy atom. The molecule has 5 heteroatoms. The van der Waals surface area contributed by atoms with Gasteiger partial charge < -0.3 is 8.98 Å². The first-order chi connectivity index (χ1) is 29.1. The fourth-order valence-corrected chi connectivity index (χ4v) is 9.21. The number of aromatic nitrogens is 4. The number of para-hydroxylation sites is 2. The first-order valence-corrected chi connectivity index (χ1v) is 20.2. The van der Waals surface area contributed by atoms with Crippen molar-refractivity contribution in [3.8, 4) is 39.9 Å². The van der Waals surface area contributed by atoms with Crippen molar-refractivity contribution >= 4 is 65.3 Å². The van der Waals surface area contributed by atoms with Gasteiger partial charge in [0.05, 0.1) is 27.7 Å². The predicted molar refractivity (Wildman–Crippen MR) is 243 cm³/mol. The van der Waals surface area contributed by atoms with Crippen molar-refractivity contribution in [1.29, 1.82) is 0 Å². The monoisotopic (exact) mass is 756 g/mol. The van der Waals surface area contributed by atoms with E-state index in [0.29, 0.717) is 17.5 Å². The van der Waals surface area contributed by atoms with E-state index in [9.17, 15) is 0 Å². The standard InChI is InChI=1S/C54H36N4O/c1-54(29-11-2-12-30-54)38-20-13-19-37(31-38)51-55-52(41-24-14-18-34-15-5-6-21-39(34)41)57-53(56-51)43-27-28-46(49-42-23-8-10-26-48(42)59-50(43)49)58-45-25-9-7-22-40(45)44-32-35-16-3-4-17-36(35)33-47(44)58/h2-29,31-33H,30H2,1H3. The molecule has 59 heavy (non-hydrogen) atoms. The zero-order chi connectivity index (χ0) is 39.1. The summed E-state index contributed by atoms with van der Waals surface area (Å²) in [5.74, 6) is 1.78. The highest BCUT2D eigenvalue weighted by molar-refractivity contribution is 6.18. The van der Waals surface area contributed by atoms with Crippen molar-refractivity contribution < 1.29 is 4.42 Å². The highest BCUT2D eigenvalue weighted by Gasteiger charge is 2.26. The highest BCUT2D eigenvalue weighted by atomic mass is 16.3.